The summed E-state index contributed by atoms with van der Waals surface area (Å²) >= 11 is 0. The van der Waals surface area contributed by atoms with Gasteiger partial charge >= 0.3 is 0 Å². The van der Waals surface area contributed by atoms with Crippen molar-refractivity contribution in [1.29, 1.82) is 0 Å². The molecule has 0 saturated carbocycles. The van der Waals surface area contributed by atoms with Gasteiger partial charge in [-0.05, 0) is 42.8 Å². The largest absolute Gasteiger partial charge is 0.469 e. The number of hydrogen-bond donors (Lipinski definition) is 1. The molecule has 2 heterocycles. The lowest BCUT2D eigenvalue weighted by atomic mass is 9.93. The van der Waals surface area contributed by atoms with Crippen LogP contribution < -0.4 is 5.32 Å². The van der Waals surface area contributed by atoms with Gasteiger partial charge in [0.2, 0.25) is 0 Å². The maximum atomic E-state index is 5.61. The predicted octanol–water partition coefficient (Wildman–Crippen LogP) is 4.18. The molecule has 3 heteroatoms. The Morgan fingerprint density at radius 2 is 1.67 bits per heavy atom. The Labute approximate surface area is 124 Å². The van der Waals surface area contributed by atoms with Crippen LogP contribution in [0.5, 0.6) is 0 Å². The number of nitrogens with one attached hydrogen (secondary N) is 1. The van der Waals surface area contributed by atoms with Gasteiger partial charge in [0, 0.05) is 5.92 Å². The lowest BCUT2D eigenvalue weighted by Gasteiger charge is -2.15. The summed E-state index contributed by atoms with van der Waals surface area (Å²) in [5.41, 5.74) is 1.28. The highest BCUT2D eigenvalue weighted by molar-refractivity contribution is 5.27. The molecule has 0 saturated heterocycles. The summed E-state index contributed by atoms with van der Waals surface area (Å²) in [4.78, 5) is 0. The number of benzene rings is 1. The zero-order valence-corrected chi connectivity index (χ0v) is 11.9. The van der Waals surface area contributed by atoms with Crippen LogP contribution in [0.3, 0.4) is 0 Å². The van der Waals surface area contributed by atoms with E-state index in [2.05, 4.69) is 29.6 Å². The van der Waals surface area contributed by atoms with Gasteiger partial charge in [-0.3, -0.25) is 0 Å². The first kappa shape index (κ1) is 13.7. The first-order chi connectivity index (χ1) is 10.4. The van der Waals surface area contributed by atoms with E-state index in [1.54, 1.807) is 12.5 Å². The van der Waals surface area contributed by atoms with E-state index in [0.717, 1.165) is 31.0 Å². The normalized spacial score (nSPS) is 12.4. The number of rotatable bonds is 7. The van der Waals surface area contributed by atoms with E-state index in [1.165, 1.54) is 5.56 Å². The average molecular weight is 281 g/mol. The zero-order chi connectivity index (χ0) is 14.3. The molecule has 0 bridgehead atoms. The molecule has 0 unspecified atom stereocenters. The van der Waals surface area contributed by atoms with Crippen LogP contribution in [0.2, 0.25) is 0 Å². The van der Waals surface area contributed by atoms with E-state index in [0.29, 0.717) is 0 Å². The molecule has 0 radical (unpaired) electrons. The van der Waals surface area contributed by atoms with Crippen molar-refractivity contribution >= 4 is 0 Å². The molecule has 0 amide bonds. The van der Waals surface area contributed by atoms with Crippen molar-refractivity contribution in [2.75, 3.05) is 6.54 Å². The summed E-state index contributed by atoms with van der Waals surface area (Å²) in [5.74, 6) is 2.26. The van der Waals surface area contributed by atoms with Gasteiger partial charge < -0.3 is 14.2 Å². The molecule has 0 spiro atoms. The Morgan fingerprint density at radius 3 is 2.38 bits per heavy atom. The Balaban J connectivity index is 1.61. The molecule has 1 aromatic carbocycles. The summed E-state index contributed by atoms with van der Waals surface area (Å²) < 4.78 is 10.9. The van der Waals surface area contributed by atoms with Crippen LogP contribution in [-0.2, 0) is 6.54 Å². The molecule has 0 fully saturated rings. The van der Waals surface area contributed by atoms with Gasteiger partial charge in [0.15, 0.2) is 0 Å². The summed E-state index contributed by atoms with van der Waals surface area (Å²) in [5, 5.41) is 3.41. The van der Waals surface area contributed by atoms with E-state index < -0.39 is 0 Å². The van der Waals surface area contributed by atoms with Crippen LogP contribution >= 0.6 is 0 Å². The Morgan fingerprint density at radius 1 is 0.857 bits per heavy atom. The van der Waals surface area contributed by atoms with Crippen molar-refractivity contribution in [3.8, 4) is 0 Å². The number of hydrogen-bond acceptors (Lipinski definition) is 3. The molecule has 0 aliphatic rings. The van der Waals surface area contributed by atoms with Gasteiger partial charge in [0.1, 0.15) is 11.5 Å². The maximum Gasteiger partial charge on any atom is 0.117 e. The van der Waals surface area contributed by atoms with E-state index >= 15 is 0 Å². The fraction of sp³-hybridized carbons (Fsp3) is 0.222. The molecule has 0 aliphatic carbocycles. The van der Waals surface area contributed by atoms with Crippen molar-refractivity contribution in [3.63, 3.8) is 0 Å². The van der Waals surface area contributed by atoms with Crippen molar-refractivity contribution in [3.05, 3.63) is 84.2 Å². The lowest BCUT2D eigenvalue weighted by Crippen LogP contribution is -2.17. The third-order valence-electron chi connectivity index (χ3n) is 3.58. The molecule has 21 heavy (non-hydrogen) atoms. The minimum Gasteiger partial charge on any atom is -0.469 e. The second-order valence-corrected chi connectivity index (χ2v) is 5.02. The molecule has 2 aromatic heterocycles. The summed E-state index contributed by atoms with van der Waals surface area (Å²) in [6, 6.07) is 18.4. The van der Waals surface area contributed by atoms with Crippen LogP contribution in [0.25, 0.3) is 0 Å². The van der Waals surface area contributed by atoms with Gasteiger partial charge in [-0.15, -0.1) is 0 Å². The van der Waals surface area contributed by atoms with Crippen LogP contribution in [0.1, 0.15) is 29.4 Å². The third-order valence-corrected chi connectivity index (χ3v) is 3.58. The minimum absolute atomic E-state index is 0.283. The van der Waals surface area contributed by atoms with E-state index in [-0.39, 0.29) is 5.92 Å². The smallest absolute Gasteiger partial charge is 0.117 e. The van der Waals surface area contributed by atoms with Crippen LogP contribution in [0, 0.1) is 0 Å². The van der Waals surface area contributed by atoms with E-state index in [1.807, 2.05) is 30.3 Å². The molecule has 108 valence electrons. The number of furan rings is 2. The molecule has 3 rings (SSSR count). The second-order valence-electron chi connectivity index (χ2n) is 5.02. The van der Waals surface area contributed by atoms with Crippen molar-refractivity contribution in [2.45, 2.75) is 18.9 Å². The van der Waals surface area contributed by atoms with E-state index in [4.69, 9.17) is 8.83 Å². The maximum absolute atomic E-state index is 5.61. The zero-order valence-electron chi connectivity index (χ0n) is 11.9. The first-order valence-corrected chi connectivity index (χ1v) is 7.25. The molecule has 1 atom stereocenters. The molecule has 3 nitrogen and oxygen atoms in total. The SMILES string of the molecule is c1ccc([C@@H](CCNCc2ccco2)c2ccco2)cc1. The van der Waals surface area contributed by atoms with Crippen LogP contribution in [0.15, 0.2) is 76.0 Å². The highest BCUT2D eigenvalue weighted by Gasteiger charge is 2.16. The highest BCUT2D eigenvalue weighted by Crippen LogP contribution is 2.27. The van der Waals surface area contributed by atoms with Crippen molar-refractivity contribution < 1.29 is 8.83 Å². The Hall–Kier alpha value is -2.26. The van der Waals surface area contributed by atoms with E-state index in [9.17, 15) is 0 Å². The molecule has 3 aromatic rings. The third kappa shape index (κ3) is 3.64. The molecular formula is C18H19NO2. The van der Waals surface area contributed by atoms with Crippen LogP contribution in [0.4, 0.5) is 0 Å². The molecule has 0 aliphatic heterocycles. The minimum atomic E-state index is 0.283. The monoisotopic (exact) mass is 281 g/mol. The van der Waals surface area contributed by atoms with Crippen molar-refractivity contribution in [2.24, 2.45) is 0 Å². The lowest BCUT2D eigenvalue weighted by molar-refractivity contribution is 0.452. The Bertz CT molecular complexity index is 615. The van der Waals surface area contributed by atoms with Gasteiger partial charge in [-0.25, -0.2) is 0 Å². The average Bonchev–Trinajstić information content (AvgIpc) is 3.21. The van der Waals surface area contributed by atoms with Gasteiger partial charge in [0.05, 0.1) is 19.1 Å². The molecule has 1 N–H and O–H groups in total. The van der Waals surface area contributed by atoms with Crippen LogP contribution in [-0.4, -0.2) is 6.54 Å². The van der Waals surface area contributed by atoms with Gasteiger partial charge in [-0.2, -0.15) is 0 Å². The van der Waals surface area contributed by atoms with Crippen molar-refractivity contribution in [1.82, 2.24) is 5.32 Å². The predicted molar refractivity (Wildman–Crippen MR) is 82.0 cm³/mol. The first-order valence-electron chi connectivity index (χ1n) is 7.25. The summed E-state index contributed by atoms with van der Waals surface area (Å²) in [6.45, 7) is 1.66. The second kappa shape index (κ2) is 6.95. The standard InChI is InChI=1S/C18H19NO2/c1-2-6-15(7-3-1)17(18-9-5-13-21-18)10-11-19-14-16-8-4-12-20-16/h1-9,12-13,17,19H,10-11,14H2/t17-/m1/s1. The summed E-state index contributed by atoms with van der Waals surface area (Å²) in [6.07, 6.45) is 4.42. The fourth-order valence-electron chi connectivity index (χ4n) is 2.52. The fourth-order valence-corrected chi connectivity index (χ4v) is 2.52. The topological polar surface area (TPSA) is 38.3 Å². The molecular weight excluding hydrogens is 262 g/mol. The van der Waals surface area contributed by atoms with Gasteiger partial charge in [-0.1, -0.05) is 30.3 Å². The highest BCUT2D eigenvalue weighted by atomic mass is 16.3. The Kier molecular flexibility index (Phi) is 4.54. The van der Waals surface area contributed by atoms with Gasteiger partial charge in [0.25, 0.3) is 0 Å². The quantitative estimate of drug-likeness (QED) is 0.660. The summed E-state index contributed by atoms with van der Waals surface area (Å²) in [7, 11) is 0.